The molecule has 0 bridgehead atoms. The molecule has 6 aromatic rings. The molecule has 28 heteroatoms. The zero-order chi connectivity index (χ0) is 105. The Balaban J connectivity index is 0.000000160. The van der Waals surface area contributed by atoms with Crippen LogP contribution < -0.4 is 20.0 Å². The Bertz CT molecular complexity index is 5180. The zero-order valence-corrected chi connectivity index (χ0v) is 93.0. The maximum Gasteiger partial charge on any atom is 0.410 e. The largest absolute Gasteiger partial charge is 0.444 e. The number of benzene rings is 3. The van der Waals surface area contributed by atoms with E-state index in [1.807, 2.05) is 174 Å². The molecule has 3 aromatic carbocycles. The number of hydrogen-bond donors (Lipinski definition) is 1. The lowest BCUT2D eigenvalue weighted by Gasteiger charge is -2.45. The van der Waals surface area contributed by atoms with Crippen LogP contribution in [0.15, 0.2) is 110 Å². The van der Waals surface area contributed by atoms with Crippen molar-refractivity contribution in [2.45, 2.75) is 387 Å². The van der Waals surface area contributed by atoms with E-state index in [2.05, 4.69) is 115 Å². The molecule has 28 nitrogen and oxygen atoms in total. The van der Waals surface area contributed by atoms with Crippen molar-refractivity contribution in [1.82, 2.24) is 59.5 Å². The highest BCUT2D eigenvalue weighted by atomic mass is 16.6. The third-order valence-corrected chi connectivity index (χ3v) is 31.3. The highest BCUT2D eigenvalue weighted by molar-refractivity contribution is 5.75. The van der Waals surface area contributed by atoms with Crippen LogP contribution in [0.3, 0.4) is 0 Å². The van der Waals surface area contributed by atoms with E-state index >= 15 is 0 Å². The topological polar surface area (TPSA) is 261 Å². The number of carbonyl (C=O) groups is 7. The van der Waals surface area contributed by atoms with Crippen LogP contribution in [0.4, 0.5) is 45.8 Å². The van der Waals surface area contributed by atoms with E-state index in [1.54, 1.807) is 4.90 Å². The molecule has 6 aliphatic carbocycles. The number of ether oxygens (including phenoxy) is 6. The van der Waals surface area contributed by atoms with Gasteiger partial charge in [0.25, 0.3) is 0 Å². The summed E-state index contributed by atoms with van der Waals surface area (Å²) in [6.45, 7) is 48.6. The first-order valence-electron chi connectivity index (χ1n) is 56.5. The highest BCUT2D eigenvalue weighted by Crippen LogP contribution is 2.44. The van der Waals surface area contributed by atoms with Crippen LogP contribution in [0, 0.1) is 17.8 Å². The van der Waals surface area contributed by atoms with Gasteiger partial charge in [-0.15, -0.1) is 0 Å². The van der Waals surface area contributed by atoms with Gasteiger partial charge in [-0.3, -0.25) is 39.5 Å². The molecule has 3 saturated carbocycles. The van der Waals surface area contributed by atoms with E-state index in [1.165, 1.54) is 156 Å². The molecule has 1 unspecified atom stereocenters. The van der Waals surface area contributed by atoms with Gasteiger partial charge in [0, 0.05) is 179 Å². The normalized spacial score (nSPS) is 21.8. The number of rotatable bonds is 17. The van der Waals surface area contributed by atoms with Crippen molar-refractivity contribution < 1.29 is 62.0 Å². The Labute approximate surface area is 884 Å². The first-order chi connectivity index (χ1) is 70.5. The molecule has 18 rings (SSSR count). The van der Waals surface area contributed by atoms with Crippen molar-refractivity contribution in [3.05, 3.63) is 177 Å². The molecule has 6 aliphatic heterocycles. The fourth-order valence-corrected chi connectivity index (χ4v) is 24.2. The van der Waals surface area contributed by atoms with Crippen LogP contribution in [-0.2, 0) is 91.4 Å². The van der Waals surface area contributed by atoms with Gasteiger partial charge < -0.3 is 67.9 Å². The number of fused-ring (bicyclic) bond motifs is 6. The number of aromatic nitrogens is 3. The number of nitrogens with one attached hydrogen (secondary N) is 1. The molecular weight excluding hydrogens is 1860 g/mol. The fourth-order valence-electron chi connectivity index (χ4n) is 24.2. The van der Waals surface area contributed by atoms with Gasteiger partial charge in [0.05, 0.1) is 47.3 Å². The smallest absolute Gasteiger partial charge is 0.410 e. The minimum absolute atomic E-state index is 0.0377. The summed E-state index contributed by atoms with van der Waals surface area (Å²) in [4.78, 5) is 128. The monoisotopic (exact) mass is 2040 g/mol. The van der Waals surface area contributed by atoms with Crippen molar-refractivity contribution in [1.29, 1.82) is 0 Å². The number of piperazine rings is 3. The number of amides is 6. The second-order valence-electron chi connectivity index (χ2n) is 49.8. The standard InChI is InChI=1S/2C40H59N5O4.C33H47N5O4.C7H12O/c2*1-39(2,3)48-37(46)43-23-21-42(22-24-43)34-18-11-16-31-27-45(38(47)49-40(4,5)6)32(25-33(31)34)28-44(26-29-13-8-7-9-14-29)35-19-10-15-30-17-12-20-41-36(30)35;1-32(2,3)41-30(39)37-18-16-36(17-19-37)28-14-8-11-24-22-38(31(40)42-33(4,5)6)25(20-26(24)28)21-35-27-13-7-10-23-12-9-15-34-29(23)27;8-6-7-4-2-1-3-5-7/h2*11-12,16-18,20,29,32,35H,7-10,13-15,19,21-28H2,1-6H3;8-9,11-12,14-15,25,27,35H,7,10,13,16-22H2,1-6H3;6-7H,1-5H2/t32-,35+;32-,35-;25?,27-;/m100./s1. The first-order valence-corrected chi connectivity index (χ1v) is 56.5. The zero-order valence-electron chi connectivity index (χ0n) is 93.0. The quantitative estimate of drug-likeness (QED) is 0.0657. The summed E-state index contributed by atoms with van der Waals surface area (Å²) in [5.41, 5.74) is 15.4. The number of aldehydes is 1. The summed E-state index contributed by atoms with van der Waals surface area (Å²) in [6, 6.07) is 32.8. The van der Waals surface area contributed by atoms with Gasteiger partial charge in [0.2, 0.25) is 0 Å². The fraction of sp³-hybridized carbons (Fsp3) is 0.667. The molecule has 6 amide bonds. The lowest BCUT2D eigenvalue weighted by molar-refractivity contribution is -0.111. The number of anilines is 3. The predicted molar refractivity (Wildman–Crippen MR) is 584 cm³/mol. The summed E-state index contributed by atoms with van der Waals surface area (Å²) in [6.07, 6.45) is 36.7. The van der Waals surface area contributed by atoms with E-state index in [4.69, 9.17) is 43.4 Å². The van der Waals surface area contributed by atoms with Crippen molar-refractivity contribution >= 4 is 59.9 Å². The van der Waals surface area contributed by atoms with Crippen molar-refractivity contribution in [3.8, 4) is 0 Å². The highest BCUT2D eigenvalue weighted by Gasteiger charge is 2.45. The van der Waals surface area contributed by atoms with Crippen molar-refractivity contribution in [3.63, 3.8) is 0 Å². The molecule has 810 valence electrons. The Kier molecular flexibility index (Phi) is 37.7. The molecule has 148 heavy (non-hydrogen) atoms. The van der Waals surface area contributed by atoms with E-state index in [-0.39, 0.29) is 72.8 Å². The molecule has 3 saturated heterocycles. The SMILES string of the molecule is CC(C)(C)OC(=O)N1CCN(c2cccc3c2CC(CN[C@H]2CCCc4cccnc42)N(C(=O)OC(C)(C)C)C3)CC1.CC(C)(C)OC(=O)N1CCN(c2cccc3c2C[C@@H](CN(CC2CCCCC2)[C@H]2CCCc4cccnc42)N(C(=O)OC(C)(C)C)C3)CC1.CC(C)(C)OC(=O)N1CCN(c2cccc3c2C[C@H](CN(CC2CCCCC2)[C@H]2CCCc4cccnc42)N(C(=O)OC(C)(C)C)C3)CC1.O=CC1CCCCC1. The second kappa shape index (κ2) is 49.8. The van der Waals surface area contributed by atoms with E-state index in [9.17, 15) is 33.6 Å². The van der Waals surface area contributed by atoms with E-state index in [0.717, 1.165) is 173 Å². The maximum atomic E-state index is 14.0. The number of carbonyl (C=O) groups excluding carboxylic acids is 7. The van der Waals surface area contributed by atoms with Crippen molar-refractivity contribution in [2.24, 2.45) is 17.8 Å². The second-order valence-corrected chi connectivity index (χ2v) is 49.8. The van der Waals surface area contributed by atoms with Gasteiger partial charge in [-0.2, -0.15) is 0 Å². The van der Waals surface area contributed by atoms with E-state index < -0.39 is 33.6 Å². The summed E-state index contributed by atoms with van der Waals surface area (Å²) >= 11 is 0. The molecule has 0 spiro atoms. The molecule has 12 aliphatic rings. The molecule has 6 atom stereocenters. The average Bonchev–Trinajstić information content (AvgIpc) is 0.764. The van der Waals surface area contributed by atoms with Gasteiger partial charge in [0.1, 0.15) is 39.9 Å². The number of hydrogen-bond acceptors (Lipinski definition) is 22. The molecule has 3 aromatic heterocycles. The van der Waals surface area contributed by atoms with Crippen LogP contribution in [-0.4, -0.2) is 260 Å². The van der Waals surface area contributed by atoms with Gasteiger partial charge in [0.15, 0.2) is 0 Å². The Morgan fingerprint density at radius 2 is 0.615 bits per heavy atom. The minimum Gasteiger partial charge on any atom is -0.444 e. The van der Waals surface area contributed by atoms with Crippen LogP contribution in [0.2, 0.25) is 0 Å². The lowest BCUT2D eigenvalue weighted by atomic mass is 9.85. The third kappa shape index (κ3) is 31.0. The first kappa shape index (κ1) is 112. The Morgan fingerprint density at radius 1 is 0.324 bits per heavy atom. The number of pyridine rings is 3. The van der Waals surface area contributed by atoms with Gasteiger partial charge in [-0.25, -0.2) is 28.8 Å². The molecule has 6 fully saturated rings. The van der Waals surface area contributed by atoms with Crippen molar-refractivity contribution in [2.75, 3.05) is 126 Å². The van der Waals surface area contributed by atoms with Crippen LogP contribution in [0.25, 0.3) is 0 Å². The summed E-state index contributed by atoms with van der Waals surface area (Å²) in [5.74, 6) is 1.75. The molecular formula is C120H177N15O13. The predicted octanol–water partition coefficient (Wildman–Crippen LogP) is 22.8. The van der Waals surface area contributed by atoms with Gasteiger partial charge >= 0.3 is 36.6 Å². The minimum atomic E-state index is -0.578. The molecule has 9 heterocycles. The molecule has 1 N–H and O–H groups in total. The summed E-state index contributed by atoms with van der Waals surface area (Å²) in [5, 5.41) is 3.78. The average molecular weight is 2040 g/mol. The van der Waals surface area contributed by atoms with Crippen LogP contribution in [0.5, 0.6) is 0 Å². The van der Waals surface area contributed by atoms with Gasteiger partial charge in [-0.1, -0.05) is 112 Å². The molecule has 0 radical (unpaired) electrons. The Morgan fingerprint density at radius 3 is 0.939 bits per heavy atom. The van der Waals surface area contributed by atoms with Crippen LogP contribution in [0.1, 0.15) is 345 Å². The number of aryl methyl sites for hydroxylation is 3. The maximum absolute atomic E-state index is 14.0. The summed E-state index contributed by atoms with van der Waals surface area (Å²) < 4.78 is 34.9. The summed E-state index contributed by atoms with van der Waals surface area (Å²) in [7, 11) is 0. The van der Waals surface area contributed by atoms with Gasteiger partial charge in [-0.05, 0) is 339 Å². The van der Waals surface area contributed by atoms with E-state index in [0.29, 0.717) is 83.2 Å². The number of nitrogens with zero attached hydrogens (tertiary/aromatic N) is 14. The lowest BCUT2D eigenvalue weighted by Crippen LogP contribution is -2.53. The Hall–Kier alpha value is -10.3. The third-order valence-electron chi connectivity index (χ3n) is 31.3. The van der Waals surface area contributed by atoms with Crippen LogP contribution >= 0.6 is 0 Å².